The van der Waals surface area contributed by atoms with Crippen molar-refractivity contribution in [2.45, 2.75) is 70.5 Å². The van der Waals surface area contributed by atoms with Gasteiger partial charge in [-0.3, -0.25) is 14.7 Å². The minimum absolute atomic E-state index is 0.100. The summed E-state index contributed by atoms with van der Waals surface area (Å²) in [6.45, 7) is 5.08. The highest BCUT2D eigenvalue weighted by Crippen LogP contribution is 2.43. The van der Waals surface area contributed by atoms with Crippen LogP contribution in [0.1, 0.15) is 64.6 Å². The lowest BCUT2D eigenvalue weighted by Gasteiger charge is -2.42. The number of aromatic nitrogens is 1. The smallest absolute Gasteiger partial charge is 0.326 e. The summed E-state index contributed by atoms with van der Waals surface area (Å²) in [6.07, 6.45) is 2.53. The first-order valence-electron chi connectivity index (χ1n) is 20.3. The van der Waals surface area contributed by atoms with Crippen molar-refractivity contribution < 1.29 is 33.6 Å². The van der Waals surface area contributed by atoms with Crippen LogP contribution in [-0.4, -0.2) is 45.6 Å². The average Bonchev–Trinajstić information content (AvgIpc) is 3.27. The van der Waals surface area contributed by atoms with Gasteiger partial charge in [-0.2, -0.15) is 0 Å². The van der Waals surface area contributed by atoms with Crippen LogP contribution in [0.2, 0.25) is 10.0 Å². The van der Waals surface area contributed by atoms with E-state index in [0.717, 1.165) is 45.5 Å². The van der Waals surface area contributed by atoms with E-state index in [1.54, 1.807) is 36.5 Å². The SMILES string of the molecule is CC[C@@H](c1ccccc1)N1Cc2cc3c(cc2C[C@H]1C(=O)N[C@@H](Cc1ccc(Oc2ccnc(C)c2)cc1)C(=O)O)OC[C@H](c1ccc(OCc2ccc(Cl)c(Cl)c2)cc1)O3. The number of aryl methyl sites for hydroxylation is 1. The number of pyridine rings is 1. The van der Waals surface area contributed by atoms with Gasteiger partial charge in [0.05, 0.1) is 16.1 Å². The van der Waals surface area contributed by atoms with Crippen molar-refractivity contribution in [3.63, 3.8) is 0 Å². The molecule has 2 aliphatic rings. The highest BCUT2D eigenvalue weighted by molar-refractivity contribution is 6.42. The number of aliphatic carboxylic acids is 1. The highest BCUT2D eigenvalue weighted by Gasteiger charge is 2.39. The number of fused-ring (bicyclic) bond motifs is 2. The molecule has 0 radical (unpaired) electrons. The Morgan fingerprint density at radius 1 is 0.852 bits per heavy atom. The number of carbonyl (C=O) groups is 2. The second-order valence-electron chi connectivity index (χ2n) is 15.3. The molecule has 6 aromatic rings. The molecule has 12 heteroatoms. The molecular formula is C49H45Cl2N3O7. The molecule has 5 aromatic carbocycles. The monoisotopic (exact) mass is 857 g/mol. The number of carbonyl (C=O) groups excluding carboxylic acids is 1. The molecule has 3 heterocycles. The number of rotatable bonds is 14. The number of hydrogen-bond donors (Lipinski definition) is 2. The Kier molecular flexibility index (Phi) is 12.8. The topological polar surface area (TPSA) is 119 Å². The molecular weight excluding hydrogens is 813 g/mol. The number of benzene rings is 5. The van der Waals surface area contributed by atoms with Gasteiger partial charge in [0.1, 0.15) is 36.5 Å². The molecule has 1 amide bonds. The van der Waals surface area contributed by atoms with Gasteiger partial charge in [0.2, 0.25) is 5.91 Å². The Labute approximate surface area is 365 Å². The van der Waals surface area contributed by atoms with Gasteiger partial charge < -0.3 is 29.4 Å². The lowest BCUT2D eigenvalue weighted by Crippen LogP contribution is -2.55. The molecule has 1 aromatic heterocycles. The third-order valence-corrected chi connectivity index (χ3v) is 11.8. The zero-order valence-electron chi connectivity index (χ0n) is 33.7. The molecule has 8 rings (SSSR count). The van der Waals surface area contributed by atoms with Crippen LogP contribution in [0.15, 0.2) is 128 Å². The van der Waals surface area contributed by atoms with Crippen LogP contribution >= 0.6 is 23.2 Å². The Hall–Kier alpha value is -6.07. The average molecular weight is 859 g/mol. The predicted octanol–water partition coefficient (Wildman–Crippen LogP) is 10.3. The van der Waals surface area contributed by atoms with Gasteiger partial charge in [-0.15, -0.1) is 0 Å². The van der Waals surface area contributed by atoms with E-state index in [9.17, 15) is 14.7 Å². The van der Waals surface area contributed by atoms with Crippen LogP contribution in [-0.2, 0) is 35.6 Å². The first-order chi connectivity index (χ1) is 29.6. The normalized spacial score (nSPS) is 16.8. The predicted molar refractivity (Wildman–Crippen MR) is 234 cm³/mol. The summed E-state index contributed by atoms with van der Waals surface area (Å²) < 4.78 is 24.8. The zero-order chi connectivity index (χ0) is 42.5. The number of amides is 1. The van der Waals surface area contributed by atoms with Crippen LogP contribution in [0.3, 0.4) is 0 Å². The number of halogens is 2. The van der Waals surface area contributed by atoms with E-state index in [-0.39, 0.29) is 24.5 Å². The standard InChI is InChI=1S/C49H45Cl2N3O7/c1-3-43(33-7-5-4-6-8-33)54-27-36-26-46-45(59-29-47(61-46)34-12-16-37(17-13-34)58-28-32-11-18-40(50)41(51)22-32)25-35(36)24-44(54)48(55)53-42(49(56)57)23-31-9-14-38(15-10-31)60-39-19-20-52-30(2)21-39/h4-22,25-26,42-44,47H,3,23-24,27-29H2,1-2H3,(H,53,55)(H,56,57)/t42-,43-,44-,47+/m0/s1. The fourth-order valence-corrected chi connectivity index (χ4v) is 8.26. The van der Waals surface area contributed by atoms with Gasteiger partial charge in [0.15, 0.2) is 17.6 Å². The molecule has 2 aliphatic heterocycles. The number of carboxylic acids is 1. The maximum Gasteiger partial charge on any atom is 0.326 e. The van der Waals surface area contributed by atoms with Crippen molar-refractivity contribution in [1.29, 1.82) is 0 Å². The second-order valence-corrected chi connectivity index (χ2v) is 16.1. The minimum atomic E-state index is -1.15. The van der Waals surface area contributed by atoms with Crippen LogP contribution in [0.4, 0.5) is 0 Å². The molecule has 0 fully saturated rings. The van der Waals surface area contributed by atoms with Crippen LogP contribution in [0.25, 0.3) is 0 Å². The third kappa shape index (κ3) is 9.94. The number of nitrogens with zero attached hydrogens (tertiary/aromatic N) is 2. The lowest BCUT2D eigenvalue weighted by molar-refractivity contribution is -0.143. The summed E-state index contributed by atoms with van der Waals surface area (Å²) in [5.74, 6) is 1.75. The summed E-state index contributed by atoms with van der Waals surface area (Å²) in [5, 5.41) is 14.2. The molecule has 0 spiro atoms. The highest BCUT2D eigenvalue weighted by atomic mass is 35.5. The fourth-order valence-electron chi connectivity index (χ4n) is 7.93. The van der Waals surface area contributed by atoms with Gasteiger partial charge >= 0.3 is 5.97 Å². The molecule has 0 bridgehead atoms. The maximum absolute atomic E-state index is 14.4. The maximum atomic E-state index is 14.4. The molecule has 0 aliphatic carbocycles. The second kappa shape index (κ2) is 18.7. The molecule has 61 heavy (non-hydrogen) atoms. The quantitative estimate of drug-likeness (QED) is 0.110. The van der Waals surface area contributed by atoms with Crippen molar-refractivity contribution in [3.05, 3.63) is 177 Å². The number of ether oxygens (including phenoxy) is 4. The third-order valence-electron chi connectivity index (χ3n) is 11.1. The van der Waals surface area contributed by atoms with E-state index in [1.165, 1.54) is 0 Å². The summed E-state index contributed by atoms with van der Waals surface area (Å²) in [6, 6.07) is 36.2. The van der Waals surface area contributed by atoms with Gasteiger partial charge in [0, 0.05) is 37.0 Å². The number of carboxylic acid groups (broad SMARTS) is 1. The van der Waals surface area contributed by atoms with E-state index >= 15 is 0 Å². The first kappa shape index (κ1) is 41.7. The van der Waals surface area contributed by atoms with Gasteiger partial charge in [-0.05, 0) is 108 Å². The molecule has 2 N–H and O–H groups in total. The minimum Gasteiger partial charge on any atom is -0.489 e. The van der Waals surface area contributed by atoms with Gasteiger partial charge in [0.25, 0.3) is 0 Å². The summed E-state index contributed by atoms with van der Waals surface area (Å²) >= 11 is 12.2. The lowest BCUT2D eigenvalue weighted by atomic mass is 9.89. The summed E-state index contributed by atoms with van der Waals surface area (Å²) in [7, 11) is 0. The van der Waals surface area contributed by atoms with Gasteiger partial charge in [-0.25, -0.2) is 4.79 Å². The molecule has 0 unspecified atom stereocenters. The molecule has 10 nitrogen and oxygen atoms in total. The van der Waals surface area contributed by atoms with E-state index in [1.807, 2.05) is 85.8 Å². The van der Waals surface area contributed by atoms with Crippen LogP contribution in [0.5, 0.6) is 28.7 Å². The number of hydrogen-bond acceptors (Lipinski definition) is 8. The molecule has 0 saturated heterocycles. The molecule has 0 saturated carbocycles. The Bertz CT molecular complexity index is 2500. The Morgan fingerprint density at radius 3 is 2.31 bits per heavy atom. The van der Waals surface area contributed by atoms with Crippen molar-refractivity contribution in [2.75, 3.05) is 6.61 Å². The largest absolute Gasteiger partial charge is 0.489 e. The number of nitrogens with one attached hydrogen (secondary N) is 1. The molecule has 4 atom stereocenters. The van der Waals surface area contributed by atoms with E-state index in [2.05, 4.69) is 34.3 Å². The van der Waals surface area contributed by atoms with Gasteiger partial charge in [-0.1, -0.05) is 90.8 Å². The van der Waals surface area contributed by atoms with Crippen molar-refractivity contribution in [1.82, 2.24) is 15.2 Å². The summed E-state index contributed by atoms with van der Waals surface area (Å²) in [4.78, 5) is 33.4. The van der Waals surface area contributed by atoms with E-state index in [4.69, 9.17) is 42.1 Å². The fraction of sp³-hybridized carbons (Fsp3) is 0.245. The van der Waals surface area contributed by atoms with Crippen molar-refractivity contribution in [2.24, 2.45) is 0 Å². The van der Waals surface area contributed by atoms with Crippen LogP contribution < -0.4 is 24.3 Å². The Morgan fingerprint density at radius 2 is 1.59 bits per heavy atom. The van der Waals surface area contributed by atoms with E-state index < -0.39 is 18.1 Å². The summed E-state index contributed by atoms with van der Waals surface area (Å²) in [5.41, 5.74) is 6.49. The first-order valence-corrected chi connectivity index (χ1v) is 21.0. The van der Waals surface area contributed by atoms with E-state index in [0.29, 0.717) is 65.0 Å². The van der Waals surface area contributed by atoms with Crippen LogP contribution in [0, 0.1) is 6.92 Å². The zero-order valence-corrected chi connectivity index (χ0v) is 35.2. The van der Waals surface area contributed by atoms with Crippen molar-refractivity contribution in [3.8, 4) is 28.7 Å². The Balaban J connectivity index is 0.978. The van der Waals surface area contributed by atoms with Crippen molar-refractivity contribution >= 4 is 35.1 Å². The molecule has 312 valence electrons.